The molecule has 2 heterocycles. The third kappa shape index (κ3) is 15.2. The smallest absolute Gasteiger partial charge is 0.416 e. The summed E-state index contributed by atoms with van der Waals surface area (Å²) >= 11 is 3.25. The Kier molecular flexibility index (Phi) is 17.6. The van der Waals surface area contributed by atoms with Crippen molar-refractivity contribution < 1.29 is 136 Å². The van der Waals surface area contributed by atoms with Crippen LogP contribution in [0.3, 0.4) is 0 Å². The molecule has 0 spiro atoms. The molecule has 0 aliphatic rings. The van der Waals surface area contributed by atoms with Gasteiger partial charge in [-0.25, -0.2) is 0 Å². The van der Waals surface area contributed by atoms with E-state index >= 15 is 0 Å². The maximum absolute atomic E-state index is 14.2. The predicted molar refractivity (Wildman–Crippen MR) is 249 cm³/mol. The lowest BCUT2D eigenvalue weighted by Gasteiger charge is -2.46. The first-order valence-corrected chi connectivity index (χ1v) is 26.1. The number of benzene rings is 6. The lowest BCUT2D eigenvalue weighted by molar-refractivity contribution is -0.585. The number of thiophene rings is 2. The van der Waals surface area contributed by atoms with Crippen LogP contribution in [0.5, 0.6) is 21.6 Å². The van der Waals surface area contributed by atoms with E-state index in [9.17, 15) is 105 Å². The molecule has 0 amide bonds. The van der Waals surface area contributed by atoms with Gasteiger partial charge in [-0.3, -0.25) is 0 Å². The van der Waals surface area contributed by atoms with Crippen LogP contribution in [0.25, 0.3) is 0 Å². The van der Waals surface area contributed by atoms with Crippen molar-refractivity contribution in [1.82, 2.24) is 0 Å². The van der Waals surface area contributed by atoms with Gasteiger partial charge in [0.05, 0.1) is 44.5 Å². The van der Waals surface area contributed by atoms with E-state index in [4.69, 9.17) is 9.47 Å². The van der Waals surface area contributed by atoms with Crippen LogP contribution in [0.15, 0.2) is 158 Å². The fraction of sp³-hybridized carbons (Fsp3) is 0.154. The molecule has 0 radical (unpaired) electrons. The van der Waals surface area contributed by atoms with E-state index in [0.29, 0.717) is 0 Å². The van der Waals surface area contributed by atoms with E-state index in [1.807, 2.05) is 60.7 Å². The highest BCUT2D eigenvalue weighted by molar-refractivity contribution is 7.20. The quantitative estimate of drug-likeness (QED) is 0.0772. The minimum Gasteiger partial charge on any atom is -0.447 e. The second-order valence-electron chi connectivity index (χ2n) is 17.3. The lowest BCUT2D eigenvalue weighted by atomic mass is 9.12. The highest BCUT2D eigenvalue weighted by atomic mass is 127. The highest BCUT2D eigenvalue weighted by Gasteiger charge is 2.47. The van der Waals surface area contributed by atoms with Crippen LogP contribution < -0.4 is 52.5 Å². The van der Waals surface area contributed by atoms with E-state index < -0.39 is 195 Å². The van der Waals surface area contributed by atoms with Gasteiger partial charge in [0.2, 0.25) is 0 Å². The van der Waals surface area contributed by atoms with Crippen molar-refractivity contribution in [3.8, 4) is 21.6 Å². The zero-order valence-corrected chi connectivity index (χ0v) is 43.5. The first-order valence-electron chi connectivity index (χ1n) is 22.3. The summed E-state index contributed by atoms with van der Waals surface area (Å²) in [6, 6.07) is 19.5. The minimum absolute atomic E-state index is 0.205. The van der Waals surface area contributed by atoms with E-state index in [2.05, 4.69) is 24.3 Å². The largest absolute Gasteiger partial charge is 0.447 e. The molecule has 2 nitrogen and oxygen atoms in total. The second kappa shape index (κ2) is 22.9. The van der Waals surface area contributed by atoms with E-state index in [-0.39, 0.29) is 21.2 Å². The van der Waals surface area contributed by atoms with Crippen molar-refractivity contribution in [3.05, 3.63) is 208 Å². The summed E-state index contributed by atoms with van der Waals surface area (Å²) in [4.78, 5) is 0. The van der Waals surface area contributed by atoms with Gasteiger partial charge in [-0.1, -0.05) is 108 Å². The number of ether oxygens (including phenoxy) is 2. The van der Waals surface area contributed by atoms with Gasteiger partial charge in [-0.15, -0.1) is 0 Å². The molecule has 0 bridgehead atoms. The molecule has 0 atom stereocenters. The summed E-state index contributed by atoms with van der Waals surface area (Å²) in [6.45, 7) is 0. The lowest BCUT2D eigenvalue weighted by Crippen LogP contribution is -3.61. The molecule has 0 aliphatic carbocycles. The van der Waals surface area contributed by atoms with E-state index in [0.717, 1.165) is 21.6 Å². The van der Waals surface area contributed by atoms with Gasteiger partial charge < -0.3 is 9.47 Å². The van der Waals surface area contributed by atoms with Crippen LogP contribution >= 0.6 is 22.7 Å². The molecule has 0 fully saturated rings. The number of hydrogen-bond donors (Lipinski definition) is 0. The molecule has 0 unspecified atom stereocenters. The molecular weight excluding hydrogens is 1310 g/mol. The van der Waals surface area contributed by atoms with Gasteiger partial charge in [-0.2, -0.15) is 127 Å². The summed E-state index contributed by atoms with van der Waals surface area (Å²) in [5.74, 6) is 1.76. The maximum Gasteiger partial charge on any atom is 0.416 e. The van der Waals surface area contributed by atoms with Crippen LogP contribution in [-0.4, -0.2) is 6.15 Å². The molecule has 82 heavy (non-hydrogen) atoms. The summed E-state index contributed by atoms with van der Waals surface area (Å²) in [7, 11) is 0. The van der Waals surface area contributed by atoms with Crippen LogP contribution in [0.1, 0.15) is 44.5 Å². The van der Waals surface area contributed by atoms with E-state index in [1.54, 1.807) is 22.7 Å². The Morgan fingerprint density at radius 2 is 0.476 bits per heavy atom. The Hall–Kier alpha value is -6.57. The fourth-order valence-electron chi connectivity index (χ4n) is 8.18. The van der Waals surface area contributed by atoms with Crippen LogP contribution in [0.2, 0.25) is 0 Å². The predicted octanol–water partition coefficient (Wildman–Crippen LogP) is 14.7. The average molecular weight is 1340 g/mol. The summed E-state index contributed by atoms with van der Waals surface area (Å²) in [5, 5.41) is 1.89. The third-order valence-electron chi connectivity index (χ3n) is 11.6. The molecule has 436 valence electrons. The Labute approximate surface area is 463 Å². The standard InChI is InChI=1S/C32H12BF24.C20H14IO2S2/c34-25(35,36)13-1-14(26(37,38)39)6-21(5-13)33(22-7-15(27(40,41)42)2-16(8-22)28(43,44)45,23-9-17(29(46,47)48)3-18(10-23)30(49,50)51)24-11-19(31(52,53)54)4-20(12-24)32(55,56)57;1-3-7-15(8-4-1)22-19-13-11-17(24-19)21-18-12-14-20(25-18)23-16-9-5-2-6-10-16/h1-12H;1-14H/q-1;+1. The van der Waals surface area contributed by atoms with Crippen molar-refractivity contribution in [2.45, 2.75) is 49.4 Å². The summed E-state index contributed by atoms with van der Waals surface area (Å²) < 4.78 is 355. The topological polar surface area (TPSA) is 18.5 Å². The van der Waals surface area contributed by atoms with Gasteiger partial charge >= 0.3 is 70.6 Å². The van der Waals surface area contributed by atoms with Gasteiger partial charge in [0, 0.05) is 12.1 Å². The summed E-state index contributed by atoms with van der Waals surface area (Å²) in [5.41, 5.74) is -30.2. The third-order valence-corrected chi connectivity index (χ3v) is 17.3. The monoisotopic (exact) mass is 1340 g/mol. The molecule has 8 rings (SSSR count). The number of halogens is 25. The van der Waals surface area contributed by atoms with Crippen molar-refractivity contribution in [3.63, 3.8) is 0 Å². The van der Waals surface area contributed by atoms with E-state index in [1.165, 1.54) is 5.77 Å². The van der Waals surface area contributed by atoms with Gasteiger partial charge in [-0.05, 0) is 60.7 Å². The molecule has 8 aromatic rings. The highest BCUT2D eigenvalue weighted by Crippen LogP contribution is 2.42. The molecule has 6 aromatic carbocycles. The zero-order chi connectivity index (χ0) is 60.8. The molecule has 2 aromatic heterocycles. The molecule has 0 aliphatic heterocycles. The van der Waals surface area contributed by atoms with Crippen molar-refractivity contribution >= 4 is 50.7 Å². The number of para-hydroxylation sites is 2. The number of alkyl halides is 24. The summed E-state index contributed by atoms with van der Waals surface area (Å²) in [6.07, 6.45) is -54.8. The normalized spacial score (nSPS) is 13.2. The zero-order valence-electron chi connectivity index (χ0n) is 39.7. The second-order valence-corrected chi connectivity index (χ2v) is 23.7. The molecule has 30 heteroatoms. The minimum atomic E-state index is -6.13. The average Bonchev–Trinajstić information content (AvgIpc) is 4.01. The van der Waals surface area contributed by atoms with Crippen molar-refractivity contribution in [2.24, 2.45) is 0 Å². The van der Waals surface area contributed by atoms with Gasteiger partial charge in [0.25, 0.3) is 5.77 Å². The maximum atomic E-state index is 14.2. The molecule has 0 N–H and O–H groups in total. The fourth-order valence-corrected chi connectivity index (χ4v) is 14.1. The van der Waals surface area contributed by atoms with Gasteiger partial charge in [0.15, 0.2) is 10.1 Å². The Morgan fingerprint density at radius 1 is 0.268 bits per heavy atom. The van der Waals surface area contributed by atoms with Crippen molar-refractivity contribution in [1.29, 1.82) is 0 Å². The Morgan fingerprint density at radius 3 is 0.671 bits per heavy atom. The Balaban J connectivity index is 0.000000318. The number of rotatable bonds is 10. The first kappa shape index (κ1) is 63.0. The Bertz CT molecular complexity index is 3000. The first-order chi connectivity index (χ1) is 37.6. The van der Waals surface area contributed by atoms with Gasteiger partial charge in [0.1, 0.15) is 17.6 Å². The molecule has 0 saturated carbocycles. The van der Waals surface area contributed by atoms with Crippen molar-refractivity contribution in [2.75, 3.05) is 0 Å². The SMILES string of the molecule is FC(F)(F)c1cc([B-](c2cc(C(F)(F)F)cc(C(F)(F)F)c2)(c2cc(C(F)(F)F)cc(C(F)(F)F)c2)c2cc(C(F)(F)F)cc(C(F)(F)F)c2)cc(C(F)(F)F)c1.c1ccc(Oc2ccc([I+]c3ccc(Oc4ccccc4)s3)s2)cc1. The van der Waals surface area contributed by atoms with Crippen LogP contribution in [0.4, 0.5) is 105 Å². The van der Waals surface area contributed by atoms with Crippen LogP contribution in [0, 0.1) is 5.77 Å². The number of hydrogen-bond acceptors (Lipinski definition) is 4. The van der Waals surface area contributed by atoms with Crippen LogP contribution in [-0.2, 0) is 49.4 Å². The molecular formula is C52H26BF24IO2S2. The molecule has 0 saturated heterocycles.